The molecule has 7 heteroatoms. The predicted molar refractivity (Wildman–Crippen MR) is 121 cm³/mol. The van der Waals surface area contributed by atoms with Crippen molar-refractivity contribution in [2.75, 3.05) is 32.7 Å². The zero-order valence-corrected chi connectivity index (χ0v) is 18.8. The molecule has 0 saturated carbocycles. The van der Waals surface area contributed by atoms with Crippen LogP contribution >= 0.6 is 0 Å². The maximum Gasteiger partial charge on any atom is 0.325 e. The highest BCUT2D eigenvalue weighted by Gasteiger charge is 2.38. The van der Waals surface area contributed by atoms with Crippen molar-refractivity contribution >= 4 is 23.5 Å². The Morgan fingerprint density at radius 3 is 2.44 bits per heavy atom. The summed E-state index contributed by atoms with van der Waals surface area (Å²) in [7, 11) is 4.44. The predicted octanol–water partition coefficient (Wildman–Crippen LogP) is 2.61. The average molecular weight is 439 g/mol. The molecule has 0 N–H and O–H groups in total. The van der Waals surface area contributed by atoms with Crippen molar-refractivity contribution in [3.8, 4) is 0 Å². The number of carbonyl (C=O) groups excluding carboxylic acids is 3. The molecule has 2 aromatic rings. The van der Waals surface area contributed by atoms with Crippen LogP contribution in [-0.2, 0) is 36.7 Å². The van der Waals surface area contributed by atoms with Crippen molar-refractivity contribution in [1.29, 1.82) is 0 Å². The molecule has 0 aromatic heterocycles. The molecule has 1 aliphatic heterocycles. The summed E-state index contributed by atoms with van der Waals surface area (Å²) in [6.07, 6.45) is 2.38. The number of aryl methyl sites for hydroxylation is 2. The summed E-state index contributed by atoms with van der Waals surface area (Å²) >= 11 is 0. The first kappa shape index (κ1) is 23.5. The Morgan fingerprint density at radius 1 is 1.06 bits per heavy atom. The molecule has 1 heterocycles. The first-order chi connectivity index (χ1) is 15.5. The van der Waals surface area contributed by atoms with Gasteiger partial charge in [0.1, 0.15) is 12.6 Å². The van der Waals surface area contributed by atoms with E-state index in [9.17, 15) is 14.4 Å². The Labute approximate surface area is 188 Å². The number of ether oxygens (including phenoxy) is 2. The maximum absolute atomic E-state index is 13.6. The third-order valence-electron chi connectivity index (χ3n) is 6.04. The number of likely N-dealkylation sites (N-methyl/N-ethyl adjacent to an activating group) is 1. The highest BCUT2D eigenvalue weighted by atomic mass is 16.5. The number of hydrogen-bond donors (Lipinski definition) is 0. The van der Waals surface area contributed by atoms with E-state index in [4.69, 9.17) is 9.47 Å². The van der Waals surface area contributed by atoms with Gasteiger partial charge in [-0.1, -0.05) is 48.5 Å². The largest absolute Gasteiger partial charge is 0.468 e. The molecule has 1 aliphatic rings. The summed E-state index contributed by atoms with van der Waals surface area (Å²) in [5.74, 6) is -1.10. The maximum atomic E-state index is 13.6. The fraction of sp³-hybridized carbons (Fsp3) is 0.400. The monoisotopic (exact) mass is 438 g/mol. The third kappa shape index (κ3) is 5.34. The minimum atomic E-state index is -0.588. The standard InChI is InChI=1S/C25H30N2O5/c1-26(22(25(30)32-3)15-13-18-9-5-4-6-10-18)21-16-14-19-11-7-8-12-20(19)27(24(21)29)17-23(28)31-2/h4-12,21-22H,13-17H2,1-3H3/t21-,22-/m0/s1. The van der Waals surface area contributed by atoms with Crippen LogP contribution in [0.25, 0.3) is 0 Å². The summed E-state index contributed by atoms with van der Waals surface area (Å²) in [5, 5.41) is 0. The number of carbonyl (C=O) groups is 3. The number of methoxy groups -OCH3 is 2. The minimum Gasteiger partial charge on any atom is -0.468 e. The topological polar surface area (TPSA) is 76.2 Å². The van der Waals surface area contributed by atoms with Gasteiger partial charge in [0, 0.05) is 5.69 Å². The van der Waals surface area contributed by atoms with E-state index in [0.29, 0.717) is 31.4 Å². The van der Waals surface area contributed by atoms with Gasteiger partial charge < -0.3 is 9.47 Å². The first-order valence-corrected chi connectivity index (χ1v) is 10.8. The summed E-state index contributed by atoms with van der Waals surface area (Å²) in [4.78, 5) is 41.6. The number of esters is 2. The van der Waals surface area contributed by atoms with Crippen LogP contribution in [0.5, 0.6) is 0 Å². The number of nitrogens with zero attached hydrogens (tertiary/aromatic N) is 2. The van der Waals surface area contributed by atoms with Gasteiger partial charge in [0.05, 0.1) is 20.3 Å². The van der Waals surface area contributed by atoms with Crippen LogP contribution < -0.4 is 4.90 Å². The molecule has 0 aliphatic carbocycles. The van der Waals surface area contributed by atoms with E-state index in [0.717, 1.165) is 11.1 Å². The van der Waals surface area contributed by atoms with E-state index in [1.54, 1.807) is 11.9 Å². The lowest BCUT2D eigenvalue weighted by Crippen LogP contribution is -2.53. The molecule has 0 unspecified atom stereocenters. The molecular formula is C25H30N2O5. The number of rotatable bonds is 8. The summed E-state index contributed by atoms with van der Waals surface area (Å²) in [6.45, 7) is -0.177. The van der Waals surface area contributed by atoms with Gasteiger partial charge in [-0.3, -0.25) is 24.2 Å². The quantitative estimate of drug-likeness (QED) is 0.590. The van der Waals surface area contributed by atoms with Gasteiger partial charge in [-0.15, -0.1) is 0 Å². The fourth-order valence-corrected chi connectivity index (χ4v) is 4.22. The second-order valence-corrected chi connectivity index (χ2v) is 7.91. The summed E-state index contributed by atoms with van der Waals surface area (Å²) < 4.78 is 9.89. The van der Waals surface area contributed by atoms with Crippen molar-refractivity contribution in [3.05, 3.63) is 65.7 Å². The normalized spacial score (nSPS) is 16.8. The number of fused-ring (bicyclic) bond motifs is 1. The molecule has 7 nitrogen and oxygen atoms in total. The molecule has 2 atom stereocenters. The molecule has 2 aromatic carbocycles. The molecule has 170 valence electrons. The Kier molecular flexibility index (Phi) is 8.00. The number of hydrogen-bond acceptors (Lipinski definition) is 6. The lowest BCUT2D eigenvalue weighted by molar-refractivity contribution is -0.149. The molecule has 1 amide bonds. The van der Waals surface area contributed by atoms with Gasteiger partial charge in [-0.05, 0) is 49.9 Å². The van der Waals surface area contributed by atoms with E-state index in [1.807, 2.05) is 54.6 Å². The van der Waals surface area contributed by atoms with Gasteiger partial charge in [-0.2, -0.15) is 0 Å². The van der Waals surface area contributed by atoms with Crippen molar-refractivity contribution in [2.24, 2.45) is 0 Å². The molecule has 32 heavy (non-hydrogen) atoms. The van der Waals surface area contributed by atoms with Crippen LogP contribution in [0.3, 0.4) is 0 Å². The van der Waals surface area contributed by atoms with Crippen molar-refractivity contribution in [1.82, 2.24) is 4.90 Å². The SMILES string of the molecule is COC(=O)CN1C(=O)[C@@H](N(C)[C@@H](CCc2ccccc2)C(=O)OC)CCc2ccccc21. The Balaban J connectivity index is 1.86. The van der Waals surface area contributed by atoms with Gasteiger partial charge in [-0.25, -0.2) is 0 Å². The second-order valence-electron chi connectivity index (χ2n) is 7.91. The Bertz CT molecular complexity index is 946. The summed E-state index contributed by atoms with van der Waals surface area (Å²) in [5.41, 5.74) is 2.80. The van der Waals surface area contributed by atoms with Crippen LogP contribution in [0.2, 0.25) is 0 Å². The van der Waals surface area contributed by atoms with Crippen LogP contribution in [-0.4, -0.2) is 62.6 Å². The van der Waals surface area contributed by atoms with Gasteiger partial charge in [0.2, 0.25) is 5.91 Å². The van der Waals surface area contributed by atoms with Crippen molar-refractivity contribution in [3.63, 3.8) is 0 Å². The molecule has 0 bridgehead atoms. The van der Waals surface area contributed by atoms with E-state index >= 15 is 0 Å². The number of amides is 1. The van der Waals surface area contributed by atoms with Crippen LogP contribution in [0.15, 0.2) is 54.6 Å². The Hall–Kier alpha value is -3.19. The van der Waals surface area contributed by atoms with Crippen LogP contribution in [0.4, 0.5) is 5.69 Å². The number of benzene rings is 2. The number of para-hydroxylation sites is 1. The summed E-state index contributed by atoms with van der Waals surface area (Å²) in [6, 6.07) is 16.3. The average Bonchev–Trinajstić information content (AvgIpc) is 2.96. The molecule has 0 saturated heterocycles. The van der Waals surface area contributed by atoms with E-state index in [-0.39, 0.29) is 18.4 Å². The fourth-order valence-electron chi connectivity index (χ4n) is 4.22. The van der Waals surface area contributed by atoms with Gasteiger partial charge >= 0.3 is 11.9 Å². The minimum absolute atomic E-state index is 0.177. The van der Waals surface area contributed by atoms with Gasteiger partial charge in [0.25, 0.3) is 0 Å². The molecular weight excluding hydrogens is 408 g/mol. The number of anilines is 1. The molecule has 3 rings (SSSR count). The van der Waals surface area contributed by atoms with Gasteiger partial charge in [0.15, 0.2) is 0 Å². The lowest BCUT2D eigenvalue weighted by Gasteiger charge is -2.34. The lowest BCUT2D eigenvalue weighted by atomic mass is 10.0. The molecule has 0 fully saturated rings. The second kappa shape index (κ2) is 10.9. The van der Waals surface area contributed by atoms with E-state index < -0.39 is 18.1 Å². The van der Waals surface area contributed by atoms with Crippen LogP contribution in [0, 0.1) is 0 Å². The zero-order valence-electron chi connectivity index (χ0n) is 18.8. The molecule has 0 spiro atoms. The third-order valence-corrected chi connectivity index (χ3v) is 6.04. The highest BCUT2D eigenvalue weighted by Crippen LogP contribution is 2.29. The molecule has 0 radical (unpaired) electrons. The van der Waals surface area contributed by atoms with E-state index in [2.05, 4.69) is 0 Å². The van der Waals surface area contributed by atoms with E-state index in [1.165, 1.54) is 19.1 Å². The zero-order chi connectivity index (χ0) is 23.1. The first-order valence-electron chi connectivity index (χ1n) is 10.8. The Morgan fingerprint density at radius 2 is 1.75 bits per heavy atom. The smallest absolute Gasteiger partial charge is 0.325 e. The highest BCUT2D eigenvalue weighted by molar-refractivity contribution is 6.02. The van der Waals surface area contributed by atoms with Crippen molar-refractivity contribution < 1.29 is 23.9 Å². The van der Waals surface area contributed by atoms with Crippen molar-refractivity contribution in [2.45, 2.75) is 37.8 Å². The van der Waals surface area contributed by atoms with Crippen LogP contribution in [0.1, 0.15) is 24.0 Å².